The lowest BCUT2D eigenvalue weighted by Crippen LogP contribution is -2.20. The monoisotopic (exact) mass is 370 g/mol. The van der Waals surface area contributed by atoms with Crippen molar-refractivity contribution in [3.63, 3.8) is 0 Å². The third-order valence-electron chi connectivity index (χ3n) is 5.00. The first-order chi connectivity index (χ1) is 13.8. The van der Waals surface area contributed by atoms with Gasteiger partial charge in [-0.2, -0.15) is 0 Å². The van der Waals surface area contributed by atoms with Gasteiger partial charge in [0.25, 0.3) is 5.56 Å². The molecule has 2 aromatic carbocycles. The lowest BCUT2D eigenvalue weighted by molar-refractivity contribution is 0.171. The van der Waals surface area contributed by atoms with Gasteiger partial charge in [-0.15, -0.1) is 0 Å². The Balaban J connectivity index is 1.62. The van der Waals surface area contributed by atoms with E-state index in [0.717, 1.165) is 16.6 Å². The van der Waals surface area contributed by atoms with Gasteiger partial charge >= 0.3 is 0 Å². The van der Waals surface area contributed by atoms with Crippen molar-refractivity contribution >= 4 is 27.7 Å². The van der Waals surface area contributed by atoms with Crippen molar-refractivity contribution in [1.82, 2.24) is 18.9 Å². The molecule has 0 bridgehead atoms. The molecule has 0 aliphatic carbocycles. The van der Waals surface area contributed by atoms with E-state index in [4.69, 9.17) is 9.47 Å². The highest BCUT2D eigenvalue weighted by atomic mass is 16.6. The predicted molar refractivity (Wildman–Crippen MR) is 105 cm³/mol. The Kier molecular flexibility index (Phi) is 3.02. The SMILES string of the molecule is O=c1c2cnc3nc4ccccc4n3c2ccn1-c1ccc2c(c1)OCCO2. The third-order valence-corrected chi connectivity index (χ3v) is 5.00. The minimum absolute atomic E-state index is 0.152. The fourth-order valence-electron chi connectivity index (χ4n) is 3.70. The van der Waals surface area contributed by atoms with Crippen LogP contribution in [0, 0.1) is 0 Å². The number of para-hydroxylation sites is 2. The van der Waals surface area contributed by atoms with Crippen LogP contribution in [0.1, 0.15) is 0 Å². The standard InChI is InChI=1S/C21H14N4O3/c26-20-14-12-22-21-23-15-3-1-2-4-17(15)25(21)16(14)7-8-24(20)13-5-6-18-19(11-13)28-10-9-27-18/h1-8,11-12H,9-10H2. The van der Waals surface area contributed by atoms with Crippen molar-refractivity contribution in [3.05, 3.63) is 71.3 Å². The summed E-state index contributed by atoms with van der Waals surface area (Å²) in [5.41, 5.74) is 3.11. The second-order valence-electron chi connectivity index (χ2n) is 6.61. The molecule has 28 heavy (non-hydrogen) atoms. The van der Waals surface area contributed by atoms with Gasteiger partial charge in [0, 0.05) is 18.5 Å². The van der Waals surface area contributed by atoms with E-state index in [0.29, 0.717) is 41.6 Å². The highest BCUT2D eigenvalue weighted by Crippen LogP contribution is 2.32. The first-order valence-corrected chi connectivity index (χ1v) is 8.97. The Labute approximate surface area is 158 Å². The van der Waals surface area contributed by atoms with Gasteiger partial charge in [-0.1, -0.05) is 12.1 Å². The third kappa shape index (κ3) is 2.07. The molecule has 0 N–H and O–H groups in total. The summed E-state index contributed by atoms with van der Waals surface area (Å²) >= 11 is 0. The number of ether oxygens (including phenoxy) is 2. The topological polar surface area (TPSA) is 70.7 Å². The maximum atomic E-state index is 13.2. The molecule has 0 saturated heterocycles. The number of hydrogen-bond donors (Lipinski definition) is 0. The molecule has 4 heterocycles. The molecule has 0 saturated carbocycles. The highest BCUT2D eigenvalue weighted by Gasteiger charge is 2.15. The van der Waals surface area contributed by atoms with Crippen LogP contribution in [-0.2, 0) is 0 Å². The van der Waals surface area contributed by atoms with Crippen molar-refractivity contribution in [1.29, 1.82) is 0 Å². The maximum absolute atomic E-state index is 13.2. The van der Waals surface area contributed by atoms with E-state index < -0.39 is 0 Å². The fraction of sp³-hybridized carbons (Fsp3) is 0.0952. The summed E-state index contributed by atoms with van der Waals surface area (Å²) in [6.07, 6.45) is 3.36. The number of nitrogens with zero attached hydrogens (tertiary/aromatic N) is 4. The summed E-state index contributed by atoms with van der Waals surface area (Å²) in [7, 11) is 0. The first kappa shape index (κ1) is 15.2. The minimum atomic E-state index is -0.152. The summed E-state index contributed by atoms with van der Waals surface area (Å²) in [5, 5.41) is 0.521. The van der Waals surface area contributed by atoms with Crippen molar-refractivity contribution < 1.29 is 9.47 Å². The summed E-state index contributed by atoms with van der Waals surface area (Å²) in [6.45, 7) is 1.03. The van der Waals surface area contributed by atoms with Crippen molar-refractivity contribution in [2.45, 2.75) is 0 Å². The second kappa shape index (κ2) is 5.56. The molecule has 0 radical (unpaired) electrons. The molecular formula is C21H14N4O3. The fourth-order valence-corrected chi connectivity index (χ4v) is 3.70. The molecule has 0 atom stereocenters. The molecule has 0 spiro atoms. The Bertz CT molecular complexity index is 1450. The number of hydrogen-bond acceptors (Lipinski definition) is 5. The van der Waals surface area contributed by atoms with Gasteiger partial charge in [0.15, 0.2) is 11.5 Å². The molecule has 0 fully saturated rings. The van der Waals surface area contributed by atoms with Gasteiger partial charge in [-0.3, -0.25) is 13.8 Å². The van der Waals surface area contributed by atoms with Crippen molar-refractivity contribution in [2.24, 2.45) is 0 Å². The second-order valence-corrected chi connectivity index (χ2v) is 6.61. The van der Waals surface area contributed by atoms with Crippen LogP contribution in [0.15, 0.2) is 65.7 Å². The van der Waals surface area contributed by atoms with E-state index in [9.17, 15) is 4.79 Å². The normalized spacial score (nSPS) is 13.4. The van der Waals surface area contributed by atoms with Crippen LogP contribution in [0.5, 0.6) is 11.5 Å². The molecule has 0 unspecified atom stereocenters. The number of rotatable bonds is 1. The lowest BCUT2D eigenvalue weighted by atomic mass is 10.2. The summed E-state index contributed by atoms with van der Waals surface area (Å²) < 4.78 is 14.7. The smallest absolute Gasteiger partial charge is 0.266 e. The first-order valence-electron chi connectivity index (χ1n) is 8.97. The zero-order valence-electron chi connectivity index (χ0n) is 14.7. The van der Waals surface area contributed by atoms with Crippen LogP contribution in [0.4, 0.5) is 0 Å². The van der Waals surface area contributed by atoms with Crippen LogP contribution in [0.2, 0.25) is 0 Å². The van der Waals surface area contributed by atoms with Crippen molar-refractivity contribution in [3.8, 4) is 17.2 Å². The van der Waals surface area contributed by atoms with Gasteiger partial charge in [0.2, 0.25) is 5.78 Å². The van der Waals surface area contributed by atoms with Gasteiger partial charge in [-0.25, -0.2) is 9.97 Å². The van der Waals surface area contributed by atoms with Gasteiger partial charge in [0.05, 0.1) is 27.6 Å². The summed E-state index contributed by atoms with van der Waals surface area (Å²) in [5.74, 6) is 1.91. The van der Waals surface area contributed by atoms with Crippen LogP contribution >= 0.6 is 0 Å². The molecule has 1 aliphatic rings. The van der Waals surface area contributed by atoms with Gasteiger partial charge in [-0.05, 0) is 30.3 Å². The van der Waals surface area contributed by atoms with E-state index in [1.54, 1.807) is 17.0 Å². The molecule has 7 nitrogen and oxygen atoms in total. The van der Waals surface area contributed by atoms with E-state index in [1.165, 1.54) is 0 Å². The van der Waals surface area contributed by atoms with Crippen LogP contribution < -0.4 is 15.0 Å². The van der Waals surface area contributed by atoms with E-state index in [2.05, 4.69) is 9.97 Å². The Morgan fingerprint density at radius 2 is 1.79 bits per heavy atom. The molecule has 136 valence electrons. The summed E-state index contributed by atoms with van der Waals surface area (Å²) in [4.78, 5) is 22.2. The molecule has 5 aromatic rings. The number of aromatic nitrogens is 4. The largest absolute Gasteiger partial charge is 0.486 e. The van der Waals surface area contributed by atoms with E-state index in [1.807, 2.05) is 52.9 Å². The molecule has 3 aromatic heterocycles. The van der Waals surface area contributed by atoms with Gasteiger partial charge in [0.1, 0.15) is 13.2 Å². The zero-order valence-corrected chi connectivity index (χ0v) is 14.7. The molecule has 1 aliphatic heterocycles. The van der Waals surface area contributed by atoms with E-state index in [-0.39, 0.29) is 5.56 Å². The molecule has 6 rings (SSSR count). The average molecular weight is 370 g/mol. The predicted octanol–water partition coefficient (Wildman–Crippen LogP) is 2.96. The van der Waals surface area contributed by atoms with Crippen LogP contribution in [0.3, 0.4) is 0 Å². The number of imidazole rings is 1. The number of pyridine rings is 1. The maximum Gasteiger partial charge on any atom is 0.266 e. The van der Waals surface area contributed by atoms with Crippen LogP contribution in [-0.4, -0.2) is 32.1 Å². The number of fused-ring (bicyclic) bond motifs is 6. The molecular weight excluding hydrogens is 356 g/mol. The highest BCUT2D eigenvalue weighted by molar-refractivity contribution is 5.88. The summed E-state index contributed by atoms with van der Waals surface area (Å²) in [6, 6.07) is 15.2. The molecule has 7 heteroatoms. The quantitative estimate of drug-likeness (QED) is 0.454. The van der Waals surface area contributed by atoms with E-state index >= 15 is 0 Å². The zero-order chi connectivity index (χ0) is 18.7. The van der Waals surface area contributed by atoms with Crippen molar-refractivity contribution in [2.75, 3.05) is 13.2 Å². The Hall–Kier alpha value is -3.87. The average Bonchev–Trinajstić information content (AvgIpc) is 3.13. The Morgan fingerprint density at radius 3 is 2.71 bits per heavy atom. The molecule has 0 amide bonds. The Morgan fingerprint density at radius 1 is 0.929 bits per heavy atom. The lowest BCUT2D eigenvalue weighted by Gasteiger charge is -2.19. The van der Waals surface area contributed by atoms with Crippen LogP contribution in [0.25, 0.3) is 33.4 Å². The number of benzene rings is 2. The minimum Gasteiger partial charge on any atom is -0.486 e. The van der Waals surface area contributed by atoms with Gasteiger partial charge < -0.3 is 9.47 Å².